The van der Waals surface area contributed by atoms with Crippen LogP contribution in [0, 0.1) is 13.8 Å². The zero-order chi connectivity index (χ0) is 15.6. The summed E-state index contributed by atoms with van der Waals surface area (Å²) >= 11 is 0. The molecule has 2 aromatic rings. The van der Waals surface area contributed by atoms with Crippen LogP contribution in [0.5, 0.6) is 0 Å². The molecular formula is C14H13ClN2O3S. The zero-order valence-electron chi connectivity index (χ0n) is 11.4. The second-order valence-corrected chi connectivity index (χ2v) is 7.07. The van der Waals surface area contributed by atoms with E-state index in [4.69, 9.17) is 10.7 Å². The number of hydrogen-bond donors (Lipinski definition) is 1. The van der Waals surface area contributed by atoms with E-state index in [0.29, 0.717) is 16.9 Å². The van der Waals surface area contributed by atoms with Gasteiger partial charge in [0.1, 0.15) is 0 Å². The van der Waals surface area contributed by atoms with Crippen LogP contribution in [0.3, 0.4) is 0 Å². The molecule has 0 aliphatic heterocycles. The van der Waals surface area contributed by atoms with Crippen LogP contribution in [-0.2, 0) is 9.05 Å². The summed E-state index contributed by atoms with van der Waals surface area (Å²) in [5.74, 6) is -0.304. The zero-order valence-corrected chi connectivity index (χ0v) is 13.0. The number of nitrogens with zero attached hydrogens (tertiary/aromatic N) is 1. The molecule has 110 valence electrons. The van der Waals surface area contributed by atoms with E-state index in [1.807, 2.05) is 6.92 Å². The number of rotatable bonds is 3. The van der Waals surface area contributed by atoms with Crippen molar-refractivity contribution in [2.45, 2.75) is 18.7 Å². The predicted molar refractivity (Wildman–Crippen MR) is 81.1 cm³/mol. The molecule has 0 atom stereocenters. The first kappa shape index (κ1) is 15.5. The number of nitrogens with one attached hydrogen (secondary N) is 1. The Bertz CT molecular complexity index is 786. The number of anilines is 1. The van der Waals surface area contributed by atoms with Crippen molar-refractivity contribution >= 4 is 31.3 Å². The minimum Gasteiger partial charge on any atom is -0.322 e. The maximum Gasteiger partial charge on any atom is 0.261 e. The molecule has 0 aliphatic carbocycles. The number of carbonyl (C=O) groups excluding carboxylic acids is 1. The van der Waals surface area contributed by atoms with Crippen LogP contribution in [0.1, 0.15) is 21.7 Å². The Morgan fingerprint density at radius 3 is 2.24 bits per heavy atom. The molecule has 0 unspecified atom stereocenters. The highest BCUT2D eigenvalue weighted by Gasteiger charge is 2.12. The van der Waals surface area contributed by atoms with Gasteiger partial charge in [-0.1, -0.05) is 0 Å². The topological polar surface area (TPSA) is 76.1 Å². The van der Waals surface area contributed by atoms with Crippen LogP contribution < -0.4 is 5.32 Å². The number of hydrogen-bond acceptors (Lipinski definition) is 4. The van der Waals surface area contributed by atoms with Gasteiger partial charge in [0.25, 0.3) is 15.0 Å². The standard InChI is InChI=1S/C14H13ClN2O3S/c1-9-3-8-13(10(2)16-9)14(18)17-11-4-6-12(7-5-11)21(15,19)20/h3-8H,1-2H3,(H,17,18). The number of amides is 1. The number of pyridine rings is 1. The van der Waals surface area contributed by atoms with E-state index in [1.165, 1.54) is 24.3 Å². The smallest absolute Gasteiger partial charge is 0.261 e. The molecule has 1 aromatic heterocycles. The van der Waals surface area contributed by atoms with E-state index in [9.17, 15) is 13.2 Å². The van der Waals surface area contributed by atoms with Crippen molar-refractivity contribution in [1.29, 1.82) is 0 Å². The average Bonchev–Trinajstić information content (AvgIpc) is 2.38. The van der Waals surface area contributed by atoms with E-state index in [-0.39, 0.29) is 10.8 Å². The third kappa shape index (κ3) is 3.80. The Labute approximate surface area is 127 Å². The van der Waals surface area contributed by atoms with E-state index in [2.05, 4.69) is 10.3 Å². The molecule has 1 heterocycles. The molecule has 21 heavy (non-hydrogen) atoms. The Morgan fingerprint density at radius 1 is 1.10 bits per heavy atom. The van der Waals surface area contributed by atoms with Crippen molar-refractivity contribution in [3.05, 3.63) is 53.3 Å². The van der Waals surface area contributed by atoms with Crippen LogP contribution in [0.25, 0.3) is 0 Å². The molecule has 0 bridgehead atoms. The lowest BCUT2D eigenvalue weighted by Gasteiger charge is -2.08. The molecular weight excluding hydrogens is 312 g/mol. The minimum absolute atomic E-state index is 0.0182. The van der Waals surface area contributed by atoms with Crippen LogP contribution in [0.4, 0.5) is 5.69 Å². The molecule has 0 saturated heterocycles. The van der Waals surface area contributed by atoms with Gasteiger partial charge in [0.05, 0.1) is 16.2 Å². The molecule has 0 saturated carbocycles. The molecule has 0 radical (unpaired) electrons. The van der Waals surface area contributed by atoms with Crippen molar-refractivity contribution in [2.24, 2.45) is 0 Å². The van der Waals surface area contributed by atoms with Gasteiger partial charge in [-0.2, -0.15) is 0 Å². The van der Waals surface area contributed by atoms with Gasteiger partial charge in [-0.15, -0.1) is 0 Å². The maximum atomic E-state index is 12.1. The summed E-state index contributed by atoms with van der Waals surface area (Å²) in [7, 11) is 1.46. The highest BCUT2D eigenvalue weighted by atomic mass is 35.7. The van der Waals surface area contributed by atoms with Gasteiger partial charge in [0.15, 0.2) is 0 Å². The van der Waals surface area contributed by atoms with E-state index < -0.39 is 9.05 Å². The molecule has 1 amide bonds. The highest BCUT2D eigenvalue weighted by Crippen LogP contribution is 2.18. The minimum atomic E-state index is -3.76. The number of carbonyl (C=O) groups is 1. The van der Waals surface area contributed by atoms with Gasteiger partial charge in [-0.05, 0) is 50.2 Å². The lowest BCUT2D eigenvalue weighted by atomic mass is 10.1. The Morgan fingerprint density at radius 2 is 1.71 bits per heavy atom. The van der Waals surface area contributed by atoms with Gasteiger partial charge >= 0.3 is 0 Å². The lowest BCUT2D eigenvalue weighted by molar-refractivity contribution is 0.102. The van der Waals surface area contributed by atoms with Crippen molar-refractivity contribution < 1.29 is 13.2 Å². The fourth-order valence-electron chi connectivity index (χ4n) is 1.83. The number of benzene rings is 1. The highest BCUT2D eigenvalue weighted by molar-refractivity contribution is 8.13. The number of halogens is 1. The molecule has 1 N–H and O–H groups in total. The van der Waals surface area contributed by atoms with Crippen molar-refractivity contribution in [3.8, 4) is 0 Å². The van der Waals surface area contributed by atoms with E-state index in [0.717, 1.165) is 5.69 Å². The summed E-state index contributed by atoms with van der Waals surface area (Å²) < 4.78 is 22.3. The summed E-state index contributed by atoms with van der Waals surface area (Å²) in [4.78, 5) is 16.3. The van der Waals surface area contributed by atoms with Crippen LogP contribution in [-0.4, -0.2) is 19.3 Å². The van der Waals surface area contributed by atoms with Gasteiger partial charge in [-0.3, -0.25) is 9.78 Å². The molecule has 5 nitrogen and oxygen atoms in total. The number of aromatic nitrogens is 1. The molecule has 0 spiro atoms. The first-order valence-corrected chi connectivity index (χ1v) is 8.38. The Balaban J connectivity index is 2.20. The van der Waals surface area contributed by atoms with E-state index >= 15 is 0 Å². The maximum absolute atomic E-state index is 12.1. The van der Waals surface area contributed by atoms with Gasteiger partial charge < -0.3 is 5.32 Å². The Kier molecular flexibility index (Phi) is 4.29. The molecule has 0 fully saturated rings. The second kappa shape index (κ2) is 5.83. The molecule has 1 aromatic carbocycles. The normalized spacial score (nSPS) is 11.2. The SMILES string of the molecule is Cc1ccc(C(=O)Nc2ccc(S(=O)(=O)Cl)cc2)c(C)n1. The summed E-state index contributed by atoms with van der Waals surface area (Å²) in [6, 6.07) is 9.07. The first-order chi connectivity index (χ1) is 9.77. The lowest BCUT2D eigenvalue weighted by Crippen LogP contribution is -2.14. The molecule has 0 aliphatic rings. The van der Waals surface area contributed by atoms with Crippen molar-refractivity contribution in [2.75, 3.05) is 5.32 Å². The van der Waals surface area contributed by atoms with Crippen LogP contribution in [0.2, 0.25) is 0 Å². The van der Waals surface area contributed by atoms with Crippen LogP contribution in [0.15, 0.2) is 41.3 Å². The van der Waals surface area contributed by atoms with Crippen molar-refractivity contribution in [3.63, 3.8) is 0 Å². The van der Waals surface area contributed by atoms with Crippen LogP contribution >= 0.6 is 10.7 Å². The monoisotopic (exact) mass is 324 g/mol. The average molecular weight is 325 g/mol. The predicted octanol–water partition coefficient (Wildman–Crippen LogP) is 2.88. The third-order valence-electron chi connectivity index (χ3n) is 2.86. The van der Waals surface area contributed by atoms with E-state index in [1.54, 1.807) is 19.1 Å². The largest absolute Gasteiger partial charge is 0.322 e. The number of aryl methyl sites for hydroxylation is 2. The summed E-state index contributed by atoms with van der Waals surface area (Å²) in [5, 5.41) is 2.68. The quantitative estimate of drug-likeness (QED) is 0.881. The summed E-state index contributed by atoms with van der Waals surface area (Å²) in [6.45, 7) is 3.60. The fourth-order valence-corrected chi connectivity index (χ4v) is 2.60. The van der Waals surface area contributed by atoms with Gasteiger partial charge in [0.2, 0.25) is 0 Å². The fraction of sp³-hybridized carbons (Fsp3) is 0.143. The second-order valence-electron chi connectivity index (χ2n) is 4.50. The summed E-state index contributed by atoms with van der Waals surface area (Å²) in [6.07, 6.45) is 0. The molecule has 2 rings (SSSR count). The molecule has 7 heteroatoms. The third-order valence-corrected chi connectivity index (χ3v) is 4.23. The first-order valence-electron chi connectivity index (χ1n) is 6.08. The Hall–Kier alpha value is -1.92. The van der Waals surface area contributed by atoms with Crippen molar-refractivity contribution in [1.82, 2.24) is 4.98 Å². The van der Waals surface area contributed by atoms with Gasteiger partial charge in [-0.25, -0.2) is 8.42 Å². The summed E-state index contributed by atoms with van der Waals surface area (Å²) in [5.41, 5.74) is 2.41. The van der Waals surface area contributed by atoms with Gasteiger partial charge in [0, 0.05) is 22.1 Å².